The Morgan fingerprint density at radius 2 is 2.06 bits per heavy atom. The van der Waals surface area contributed by atoms with Gasteiger partial charge < -0.3 is 0 Å². The van der Waals surface area contributed by atoms with Crippen molar-refractivity contribution in [2.75, 3.05) is 0 Å². The minimum Gasteiger partial charge on any atom is -0.300 e. The van der Waals surface area contributed by atoms with Gasteiger partial charge in [0.25, 0.3) is 0 Å². The van der Waals surface area contributed by atoms with E-state index in [1.807, 2.05) is 32.0 Å². The summed E-state index contributed by atoms with van der Waals surface area (Å²) in [6.07, 6.45) is 2.95. The van der Waals surface area contributed by atoms with Crippen molar-refractivity contribution in [3.05, 3.63) is 29.3 Å². The number of carbonyl (C=O) groups excluding carboxylic acids is 1. The van der Waals surface area contributed by atoms with Gasteiger partial charge in [-0.1, -0.05) is 12.1 Å². The molecule has 92 valence electrons. The Balaban J connectivity index is 2.24. The summed E-state index contributed by atoms with van der Waals surface area (Å²) in [6.45, 7) is 3.99. The Hall–Kier alpha value is -0.960. The second-order valence-electron chi connectivity index (χ2n) is 4.82. The molecule has 1 saturated carbocycles. The van der Waals surface area contributed by atoms with Gasteiger partial charge in [0, 0.05) is 23.0 Å². The molecule has 0 radical (unpaired) electrons. The van der Waals surface area contributed by atoms with Crippen LogP contribution in [0.15, 0.2) is 23.1 Å². The number of Topliss-reactive ketones (excluding diaryl/α,β-unsaturated/α-hetero) is 1. The average molecular weight is 250 g/mol. The maximum Gasteiger partial charge on any atom is 0.134 e. The van der Waals surface area contributed by atoms with Crippen LogP contribution in [-0.2, 0) is 15.6 Å². The van der Waals surface area contributed by atoms with Crippen molar-refractivity contribution in [3.8, 4) is 0 Å². The first-order valence-electron chi connectivity index (χ1n) is 6.07. The monoisotopic (exact) mass is 250 g/mol. The predicted molar refractivity (Wildman–Crippen MR) is 69.6 cm³/mol. The highest BCUT2D eigenvalue weighted by Gasteiger charge is 2.26. The molecule has 0 bridgehead atoms. The van der Waals surface area contributed by atoms with Crippen LogP contribution in [0.5, 0.6) is 0 Å². The third-order valence-electron chi connectivity index (χ3n) is 3.30. The standard InChI is InChI=1S/C14H18O2S/c1-10-6-7-11(2)14(8-10)17(16)13-5-3-4-12(15)9-13/h6-8,13H,3-5,9H2,1-2H3. The van der Waals surface area contributed by atoms with Crippen LogP contribution in [0, 0.1) is 13.8 Å². The molecule has 2 rings (SSSR count). The van der Waals surface area contributed by atoms with Gasteiger partial charge in [0.2, 0.25) is 0 Å². The molecule has 2 unspecified atom stereocenters. The highest BCUT2D eigenvalue weighted by molar-refractivity contribution is 7.85. The molecule has 1 aliphatic rings. The van der Waals surface area contributed by atoms with Crippen LogP contribution in [-0.4, -0.2) is 15.2 Å². The van der Waals surface area contributed by atoms with Crippen molar-refractivity contribution in [1.29, 1.82) is 0 Å². The molecule has 1 fully saturated rings. The van der Waals surface area contributed by atoms with Crippen LogP contribution in [0.1, 0.15) is 36.8 Å². The summed E-state index contributed by atoms with van der Waals surface area (Å²) in [4.78, 5) is 12.3. The third-order valence-corrected chi connectivity index (χ3v) is 5.18. The van der Waals surface area contributed by atoms with Gasteiger partial charge in [-0.15, -0.1) is 0 Å². The molecule has 1 aromatic carbocycles. The van der Waals surface area contributed by atoms with Gasteiger partial charge >= 0.3 is 0 Å². The van der Waals surface area contributed by atoms with Crippen LogP contribution in [0.4, 0.5) is 0 Å². The van der Waals surface area contributed by atoms with Crippen LogP contribution < -0.4 is 0 Å². The highest BCUT2D eigenvalue weighted by atomic mass is 32.2. The van der Waals surface area contributed by atoms with Crippen molar-refractivity contribution in [3.63, 3.8) is 0 Å². The summed E-state index contributed by atoms with van der Waals surface area (Å²) in [5.74, 6) is 0.264. The SMILES string of the molecule is Cc1ccc(C)c(S(=O)C2CCCC(=O)C2)c1. The quantitative estimate of drug-likeness (QED) is 0.808. The van der Waals surface area contributed by atoms with E-state index in [0.29, 0.717) is 12.8 Å². The normalized spacial score (nSPS) is 22.5. The minimum atomic E-state index is -1.03. The summed E-state index contributed by atoms with van der Waals surface area (Å²) in [5.41, 5.74) is 2.19. The fourth-order valence-corrected chi connectivity index (χ4v) is 4.04. The van der Waals surface area contributed by atoms with Crippen LogP contribution in [0.25, 0.3) is 0 Å². The minimum absolute atomic E-state index is 0.0248. The molecule has 17 heavy (non-hydrogen) atoms. The molecule has 1 aliphatic carbocycles. The van der Waals surface area contributed by atoms with Crippen LogP contribution in [0.2, 0.25) is 0 Å². The van der Waals surface area contributed by atoms with E-state index < -0.39 is 10.8 Å². The molecular formula is C14H18O2S. The third kappa shape index (κ3) is 2.83. The van der Waals surface area contributed by atoms with E-state index >= 15 is 0 Å². The van der Waals surface area contributed by atoms with Gasteiger partial charge in [-0.2, -0.15) is 0 Å². The lowest BCUT2D eigenvalue weighted by atomic mass is 9.99. The Bertz CT molecular complexity index is 465. The maximum absolute atomic E-state index is 12.5. The lowest BCUT2D eigenvalue weighted by Crippen LogP contribution is -2.24. The predicted octanol–water partition coefficient (Wildman–Crippen LogP) is 2.92. The van der Waals surface area contributed by atoms with E-state index in [-0.39, 0.29) is 11.0 Å². The zero-order valence-corrected chi connectivity index (χ0v) is 11.2. The van der Waals surface area contributed by atoms with Crippen LogP contribution >= 0.6 is 0 Å². The first-order chi connectivity index (χ1) is 8.08. The summed E-state index contributed by atoms with van der Waals surface area (Å²) in [5, 5.41) is 0.0248. The Morgan fingerprint density at radius 1 is 1.29 bits per heavy atom. The molecular weight excluding hydrogens is 232 g/mol. The number of rotatable bonds is 2. The first-order valence-corrected chi connectivity index (χ1v) is 7.29. The second kappa shape index (κ2) is 5.13. The highest BCUT2D eigenvalue weighted by Crippen LogP contribution is 2.26. The zero-order valence-electron chi connectivity index (χ0n) is 10.4. The molecule has 2 nitrogen and oxygen atoms in total. The van der Waals surface area contributed by atoms with E-state index in [2.05, 4.69) is 0 Å². The van der Waals surface area contributed by atoms with E-state index in [1.165, 1.54) is 0 Å². The maximum atomic E-state index is 12.5. The van der Waals surface area contributed by atoms with E-state index in [0.717, 1.165) is 28.9 Å². The number of hydrogen-bond acceptors (Lipinski definition) is 2. The van der Waals surface area contributed by atoms with Crippen molar-refractivity contribution < 1.29 is 9.00 Å². The summed E-state index contributed by atoms with van der Waals surface area (Å²) in [6, 6.07) is 6.03. The number of hydrogen-bond donors (Lipinski definition) is 0. The number of ketones is 1. The summed E-state index contributed by atoms with van der Waals surface area (Å²) < 4.78 is 12.5. The molecule has 0 aromatic heterocycles. The Labute approximate surface area is 105 Å². The summed E-state index contributed by atoms with van der Waals surface area (Å²) in [7, 11) is -1.03. The van der Waals surface area contributed by atoms with Gasteiger partial charge in [-0.25, -0.2) is 0 Å². The fraction of sp³-hybridized carbons (Fsp3) is 0.500. The molecule has 0 heterocycles. The Kier molecular flexibility index (Phi) is 3.77. The van der Waals surface area contributed by atoms with Crippen molar-refractivity contribution in [2.45, 2.75) is 49.7 Å². The van der Waals surface area contributed by atoms with Gasteiger partial charge in [-0.3, -0.25) is 9.00 Å². The largest absolute Gasteiger partial charge is 0.300 e. The molecule has 0 saturated heterocycles. The first kappa shape index (κ1) is 12.5. The topological polar surface area (TPSA) is 34.1 Å². The van der Waals surface area contributed by atoms with Gasteiger partial charge in [0.05, 0.1) is 10.8 Å². The average Bonchev–Trinajstić information content (AvgIpc) is 2.31. The van der Waals surface area contributed by atoms with E-state index in [1.54, 1.807) is 0 Å². The molecule has 0 aliphatic heterocycles. The molecule has 2 atom stereocenters. The Morgan fingerprint density at radius 3 is 2.76 bits per heavy atom. The van der Waals surface area contributed by atoms with Gasteiger partial charge in [-0.05, 0) is 43.9 Å². The van der Waals surface area contributed by atoms with Crippen molar-refractivity contribution in [1.82, 2.24) is 0 Å². The molecule has 0 spiro atoms. The second-order valence-corrected chi connectivity index (χ2v) is 6.52. The van der Waals surface area contributed by atoms with Crippen molar-refractivity contribution >= 4 is 16.6 Å². The number of carbonyl (C=O) groups is 1. The number of benzene rings is 1. The fourth-order valence-electron chi connectivity index (χ4n) is 2.27. The summed E-state index contributed by atoms with van der Waals surface area (Å²) >= 11 is 0. The molecule has 0 N–H and O–H groups in total. The smallest absolute Gasteiger partial charge is 0.134 e. The van der Waals surface area contributed by atoms with Gasteiger partial charge in [0.15, 0.2) is 0 Å². The van der Waals surface area contributed by atoms with E-state index in [9.17, 15) is 9.00 Å². The van der Waals surface area contributed by atoms with Crippen LogP contribution in [0.3, 0.4) is 0 Å². The van der Waals surface area contributed by atoms with E-state index in [4.69, 9.17) is 0 Å². The number of aryl methyl sites for hydroxylation is 2. The van der Waals surface area contributed by atoms with Gasteiger partial charge in [0.1, 0.15) is 5.78 Å². The lowest BCUT2D eigenvalue weighted by molar-refractivity contribution is -0.120. The molecule has 1 aromatic rings. The lowest BCUT2D eigenvalue weighted by Gasteiger charge is -2.21. The van der Waals surface area contributed by atoms with Crippen molar-refractivity contribution in [2.24, 2.45) is 0 Å². The molecule has 0 amide bonds. The molecule has 3 heteroatoms. The zero-order chi connectivity index (χ0) is 12.4.